The lowest BCUT2D eigenvalue weighted by Gasteiger charge is -1.96. The van der Waals surface area contributed by atoms with E-state index in [2.05, 4.69) is 0 Å². The summed E-state index contributed by atoms with van der Waals surface area (Å²) in [6, 6.07) is 9.88. The van der Waals surface area contributed by atoms with Crippen LogP contribution >= 0.6 is 44.0 Å². The third-order valence-corrected chi connectivity index (χ3v) is 5.91. The molecular formula is C9H5ClOS3. The van der Waals surface area contributed by atoms with Crippen molar-refractivity contribution in [3.8, 4) is 0 Å². The molecule has 2 rings (SSSR count). The summed E-state index contributed by atoms with van der Waals surface area (Å²) in [6.07, 6.45) is 0. The highest BCUT2D eigenvalue weighted by Crippen LogP contribution is 2.36. The molecule has 1 heterocycles. The lowest BCUT2D eigenvalue weighted by Crippen LogP contribution is -1.86. The van der Waals surface area contributed by atoms with Gasteiger partial charge >= 0.3 is 0 Å². The number of hydrogen-bond donors (Lipinski definition) is 0. The Hall–Kier alpha value is -0.290. The van der Waals surface area contributed by atoms with Gasteiger partial charge in [0.05, 0.1) is 4.21 Å². The van der Waals surface area contributed by atoms with E-state index in [1.807, 2.05) is 30.3 Å². The molecule has 0 spiro atoms. The maximum atomic E-state index is 11.1. The first-order valence-electron chi connectivity index (χ1n) is 3.79. The fourth-order valence-corrected chi connectivity index (χ4v) is 4.81. The Morgan fingerprint density at radius 2 is 1.86 bits per heavy atom. The molecule has 0 atom stereocenters. The molecule has 0 radical (unpaired) electrons. The zero-order valence-electron chi connectivity index (χ0n) is 6.90. The minimum absolute atomic E-state index is 0.0462. The van der Waals surface area contributed by atoms with Crippen molar-refractivity contribution in [2.24, 2.45) is 0 Å². The molecule has 0 saturated carbocycles. The summed E-state index contributed by atoms with van der Waals surface area (Å²) in [5.41, 5.74) is 0. The highest BCUT2D eigenvalue weighted by Gasteiger charge is 2.09. The molecule has 14 heavy (non-hydrogen) atoms. The smallest absolute Gasteiger partial charge is 0.262 e. The largest absolute Gasteiger partial charge is 0.275 e. The van der Waals surface area contributed by atoms with Gasteiger partial charge in [0.1, 0.15) is 5.02 Å². The molecule has 72 valence electrons. The number of benzene rings is 1. The van der Waals surface area contributed by atoms with Crippen LogP contribution < -0.4 is 4.74 Å². The van der Waals surface area contributed by atoms with Crippen molar-refractivity contribution in [3.05, 3.63) is 44.9 Å². The van der Waals surface area contributed by atoms with Crippen molar-refractivity contribution >= 4 is 44.0 Å². The van der Waals surface area contributed by atoms with Crippen LogP contribution in [0.4, 0.5) is 0 Å². The zero-order valence-corrected chi connectivity index (χ0v) is 10.1. The van der Waals surface area contributed by atoms with Gasteiger partial charge in [0, 0.05) is 4.90 Å². The highest BCUT2D eigenvalue weighted by molar-refractivity contribution is 8.02. The molecule has 0 saturated heterocycles. The van der Waals surface area contributed by atoms with Gasteiger partial charge in [-0.15, -0.1) is 0 Å². The first-order valence-corrected chi connectivity index (χ1v) is 7.13. The third kappa shape index (κ3) is 2.20. The van der Waals surface area contributed by atoms with Crippen LogP contribution in [0.5, 0.6) is 0 Å². The van der Waals surface area contributed by atoms with Gasteiger partial charge in [0.15, 0.2) is 0 Å². The van der Waals surface area contributed by atoms with Crippen molar-refractivity contribution in [1.82, 2.24) is 0 Å². The molecule has 0 aliphatic carbocycles. The first kappa shape index (κ1) is 10.2. The number of hydrogen-bond acceptors (Lipinski definition) is 4. The van der Waals surface area contributed by atoms with E-state index < -0.39 is 0 Å². The van der Waals surface area contributed by atoms with Gasteiger partial charge in [-0.3, -0.25) is 4.79 Å². The second-order valence-corrected chi connectivity index (χ2v) is 6.30. The van der Waals surface area contributed by atoms with Crippen LogP contribution in [0, 0.1) is 0 Å². The van der Waals surface area contributed by atoms with Gasteiger partial charge in [-0.1, -0.05) is 51.9 Å². The van der Waals surface area contributed by atoms with Crippen LogP contribution in [0.25, 0.3) is 0 Å². The molecule has 0 bridgehead atoms. The molecule has 0 fully saturated rings. The predicted molar refractivity (Wildman–Crippen MR) is 64.0 cm³/mol. The molecule has 0 aliphatic rings. The third-order valence-electron chi connectivity index (χ3n) is 1.51. The van der Waals surface area contributed by atoms with Crippen LogP contribution in [-0.2, 0) is 0 Å². The monoisotopic (exact) mass is 260 g/mol. The Morgan fingerprint density at radius 1 is 1.14 bits per heavy atom. The SMILES string of the molecule is O=c1ssc(Sc2ccccc2)c1Cl. The lowest BCUT2D eigenvalue weighted by molar-refractivity contribution is 1.45. The van der Waals surface area contributed by atoms with E-state index in [9.17, 15) is 4.79 Å². The van der Waals surface area contributed by atoms with Gasteiger partial charge in [-0.2, -0.15) is 0 Å². The van der Waals surface area contributed by atoms with E-state index in [1.54, 1.807) is 0 Å². The minimum Gasteiger partial charge on any atom is -0.275 e. The summed E-state index contributed by atoms with van der Waals surface area (Å²) in [5.74, 6) is 0. The normalized spacial score (nSPS) is 10.4. The maximum Gasteiger partial charge on any atom is 0.262 e. The van der Waals surface area contributed by atoms with Crippen LogP contribution in [0.2, 0.25) is 5.02 Å². The molecule has 0 aliphatic heterocycles. The molecule has 1 aromatic carbocycles. The maximum absolute atomic E-state index is 11.1. The van der Waals surface area contributed by atoms with E-state index in [0.29, 0.717) is 5.02 Å². The average Bonchev–Trinajstić information content (AvgIpc) is 2.52. The quantitative estimate of drug-likeness (QED) is 0.760. The number of halogens is 1. The van der Waals surface area contributed by atoms with Crippen molar-refractivity contribution in [2.45, 2.75) is 9.10 Å². The standard InChI is InChI=1S/C9H5ClOS3/c10-7-8(11)13-14-9(7)12-6-4-2-1-3-5-6/h1-5H. The van der Waals surface area contributed by atoms with Gasteiger partial charge in [-0.25, -0.2) is 0 Å². The van der Waals surface area contributed by atoms with Gasteiger partial charge in [-0.05, 0) is 22.5 Å². The molecule has 0 amide bonds. The van der Waals surface area contributed by atoms with Crippen molar-refractivity contribution in [2.75, 3.05) is 0 Å². The molecule has 0 unspecified atom stereocenters. The van der Waals surface area contributed by atoms with Gasteiger partial charge < -0.3 is 0 Å². The van der Waals surface area contributed by atoms with Crippen LogP contribution in [0.3, 0.4) is 0 Å². The van der Waals surface area contributed by atoms with E-state index in [1.165, 1.54) is 32.4 Å². The number of rotatable bonds is 2. The summed E-state index contributed by atoms with van der Waals surface area (Å²) < 4.78 is 0.836. The first-order chi connectivity index (χ1) is 6.77. The summed E-state index contributed by atoms with van der Waals surface area (Å²) in [7, 11) is 2.61. The molecule has 5 heteroatoms. The van der Waals surface area contributed by atoms with Crippen LogP contribution in [-0.4, -0.2) is 0 Å². The fraction of sp³-hybridized carbons (Fsp3) is 0. The van der Waals surface area contributed by atoms with E-state index in [4.69, 9.17) is 11.6 Å². The van der Waals surface area contributed by atoms with Crippen LogP contribution in [0.15, 0.2) is 44.2 Å². The van der Waals surface area contributed by atoms with Crippen LogP contribution in [0.1, 0.15) is 0 Å². The highest BCUT2D eigenvalue weighted by atomic mass is 35.5. The van der Waals surface area contributed by atoms with Gasteiger partial charge in [0.2, 0.25) is 0 Å². The molecule has 0 N–H and O–H groups in total. The minimum atomic E-state index is -0.0462. The summed E-state index contributed by atoms with van der Waals surface area (Å²) in [5, 5.41) is 0.355. The Kier molecular flexibility index (Phi) is 3.28. The van der Waals surface area contributed by atoms with Crippen molar-refractivity contribution < 1.29 is 0 Å². The molecule has 1 nitrogen and oxygen atoms in total. The summed E-state index contributed by atoms with van der Waals surface area (Å²) in [4.78, 5) is 12.2. The predicted octanol–water partition coefficient (Wildman–Crippen LogP) is 3.97. The van der Waals surface area contributed by atoms with Crippen molar-refractivity contribution in [3.63, 3.8) is 0 Å². The van der Waals surface area contributed by atoms with Crippen molar-refractivity contribution in [1.29, 1.82) is 0 Å². The van der Waals surface area contributed by atoms with E-state index in [0.717, 1.165) is 9.10 Å². The lowest BCUT2D eigenvalue weighted by atomic mass is 10.4. The Morgan fingerprint density at radius 3 is 2.43 bits per heavy atom. The summed E-state index contributed by atoms with van der Waals surface area (Å²) >= 11 is 7.38. The molecule has 1 aromatic heterocycles. The fourth-order valence-electron chi connectivity index (χ4n) is 0.890. The Balaban J connectivity index is 2.28. The van der Waals surface area contributed by atoms with E-state index in [-0.39, 0.29) is 4.74 Å². The van der Waals surface area contributed by atoms with Gasteiger partial charge in [0.25, 0.3) is 4.74 Å². The zero-order chi connectivity index (χ0) is 9.97. The second kappa shape index (κ2) is 4.49. The van der Waals surface area contributed by atoms with E-state index >= 15 is 0 Å². The summed E-state index contributed by atoms with van der Waals surface area (Å²) in [6.45, 7) is 0. The molecule has 2 aromatic rings. The topological polar surface area (TPSA) is 17.1 Å². The Bertz CT molecular complexity index is 474. The average molecular weight is 261 g/mol. The molecular weight excluding hydrogens is 256 g/mol. The Labute approximate surface area is 97.7 Å². The second-order valence-electron chi connectivity index (χ2n) is 2.47.